The van der Waals surface area contributed by atoms with E-state index in [9.17, 15) is 17.6 Å². The molecule has 9 nitrogen and oxygen atoms in total. The van der Waals surface area contributed by atoms with Crippen LogP contribution >= 0.6 is 0 Å². The molecule has 0 saturated heterocycles. The molecule has 0 spiro atoms. The van der Waals surface area contributed by atoms with Crippen molar-refractivity contribution in [2.75, 3.05) is 6.26 Å². The summed E-state index contributed by atoms with van der Waals surface area (Å²) < 4.78 is 38.0. The summed E-state index contributed by atoms with van der Waals surface area (Å²) in [7, 11) is -3.45. The fraction of sp³-hybridized carbons (Fsp3) is 0.105. The van der Waals surface area contributed by atoms with Crippen molar-refractivity contribution in [2.24, 2.45) is 0 Å². The number of carbonyl (C=O) groups excluding carboxylic acids is 1. The molecule has 0 fully saturated rings. The summed E-state index contributed by atoms with van der Waals surface area (Å²) in [5.41, 5.74) is 1.78. The summed E-state index contributed by atoms with van der Waals surface area (Å²) >= 11 is 0. The zero-order valence-electron chi connectivity index (χ0n) is 15.7. The Balaban J connectivity index is 1.59. The number of nitrogens with one attached hydrogen (secondary N) is 1. The van der Waals surface area contributed by atoms with Crippen LogP contribution in [0.3, 0.4) is 0 Å². The van der Waals surface area contributed by atoms with Crippen LogP contribution in [0.15, 0.2) is 60.0 Å². The van der Waals surface area contributed by atoms with Crippen molar-refractivity contribution < 1.29 is 17.6 Å². The van der Waals surface area contributed by atoms with Crippen LogP contribution in [0.1, 0.15) is 16.1 Å². The number of hydrogen-bond donors (Lipinski definition) is 1. The van der Waals surface area contributed by atoms with Crippen molar-refractivity contribution in [3.05, 3.63) is 72.1 Å². The lowest BCUT2D eigenvalue weighted by Crippen LogP contribution is -2.24. The minimum absolute atomic E-state index is 0.0678. The van der Waals surface area contributed by atoms with Gasteiger partial charge in [-0.05, 0) is 42.0 Å². The van der Waals surface area contributed by atoms with E-state index in [1.54, 1.807) is 18.2 Å². The second-order valence-corrected chi connectivity index (χ2v) is 8.44. The van der Waals surface area contributed by atoms with Gasteiger partial charge in [0.15, 0.2) is 20.6 Å². The molecule has 0 bridgehead atoms. The van der Waals surface area contributed by atoms with Gasteiger partial charge in [-0.2, -0.15) is 10.2 Å². The van der Waals surface area contributed by atoms with Crippen LogP contribution < -0.4 is 5.32 Å². The van der Waals surface area contributed by atoms with Gasteiger partial charge < -0.3 is 5.32 Å². The maximum Gasteiger partial charge on any atom is 0.272 e. The summed E-state index contributed by atoms with van der Waals surface area (Å²) in [4.78, 5) is 16.5. The molecule has 0 saturated carbocycles. The van der Waals surface area contributed by atoms with Gasteiger partial charge in [-0.3, -0.25) is 4.79 Å². The molecular formula is C19H15FN6O3S. The summed E-state index contributed by atoms with van der Waals surface area (Å²) in [5.74, 6) is -0.866. The van der Waals surface area contributed by atoms with Gasteiger partial charge >= 0.3 is 0 Å². The first-order chi connectivity index (χ1) is 14.3. The van der Waals surface area contributed by atoms with E-state index < -0.39 is 15.7 Å². The Morgan fingerprint density at radius 1 is 1.17 bits per heavy atom. The van der Waals surface area contributed by atoms with Crippen molar-refractivity contribution in [1.29, 1.82) is 0 Å². The van der Waals surface area contributed by atoms with E-state index in [0.29, 0.717) is 22.2 Å². The van der Waals surface area contributed by atoms with Crippen molar-refractivity contribution in [3.8, 4) is 5.69 Å². The smallest absolute Gasteiger partial charge is 0.272 e. The Kier molecular flexibility index (Phi) is 4.96. The van der Waals surface area contributed by atoms with Crippen LogP contribution in [0.2, 0.25) is 0 Å². The molecule has 3 heterocycles. The molecular weight excluding hydrogens is 411 g/mol. The van der Waals surface area contributed by atoms with Crippen molar-refractivity contribution in [3.63, 3.8) is 0 Å². The molecule has 1 N–H and O–H groups in total. The highest BCUT2D eigenvalue weighted by Gasteiger charge is 2.17. The third-order valence-electron chi connectivity index (χ3n) is 4.32. The van der Waals surface area contributed by atoms with Crippen LogP contribution in [0.4, 0.5) is 4.39 Å². The van der Waals surface area contributed by atoms with E-state index in [1.165, 1.54) is 41.5 Å². The normalized spacial score (nSPS) is 11.5. The SMILES string of the molecule is CS(=O)(=O)c1cc(CNC(=O)c2nncc3c2cnn3-c2ccc(F)cc2)ccn1. The number of hydrogen-bond acceptors (Lipinski definition) is 7. The number of fused-ring (bicyclic) bond motifs is 1. The average Bonchev–Trinajstić information content (AvgIpc) is 3.16. The lowest BCUT2D eigenvalue weighted by Gasteiger charge is -2.07. The summed E-state index contributed by atoms with van der Waals surface area (Å²) in [6, 6.07) is 8.74. The van der Waals surface area contributed by atoms with Gasteiger partial charge in [0.2, 0.25) is 0 Å². The predicted octanol–water partition coefficient (Wildman–Crippen LogP) is 1.68. The molecule has 11 heteroatoms. The highest BCUT2D eigenvalue weighted by Crippen LogP contribution is 2.20. The molecule has 0 atom stereocenters. The van der Waals surface area contributed by atoms with Crippen molar-refractivity contribution in [2.45, 2.75) is 11.6 Å². The maximum atomic E-state index is 13.2. The molecule has 4 rings (SSSR count). The third-order valence-corrected chi connectivity index (χ3v) is 5.30. The average molecular weight is 426 g/mol. The molecule has 1 aromatic carbocycles. The largest absolute Gasteiger partial charge is 0.347 e. The zero-order valence-corrected chi connectivity index (χ0v) is 16.5. The highest BCUT2D eigenvalue weighted by atomic mass is 32.2. The number of amides is 1. The third kappa shape index (κ3) is 3.87. The van der Waals surface area contributed by atoms with E-state index in [2.05, 4.69) is 25.6 Å². The second kappa shape index (κ2) is 7.59. The maximum absolute atomic E-state index is 13.2. The number of pyridine rings is 1. The molecule has 152 valence electrons. The number of benzene rings is 1. The lowest BCUT2D eigenvalue weighted by molar-refractivity contribution is 0.0946. The topological polar surface area (TPSA) is 120 Å². The molecule has 0 aliphatic heterocycles. The molecule has 0 aliphatic rings. The van der Waals surface area contributed by atoms with Crippen LogP contribution in [0.25, 0.3) is 16.6 Å². The van der Waals surface area contributed by atoms with Crippen LogP contribution in [0.5, 0.6) is 0 Å². The standard InChI is InChI=1S/C19H15FN6O3S/c1-30(28,29)17-8-12(6-7-21-17)9-22-19(27)18-15-10-24-26(16(15)11-23-25-18)14-4-2-13(20)3-5-14/h2-8,10-11H,9H2,1H3,(H,22,27). The molecule has 3 aromatic heterocycles. The molecule has 30 heavy (non-hydrogen) atoms. The summed E-state index contributed by atoms with van der Waals surface area (Å²) in [6.07, 6.45) is 5.37. The number of sulfone groups is 1. The minimum Gasteiger partial charge on any atom is -0.347 e. The summed E-state index contributed by atoms with van der Waals surface area (Å²) in [5, 5.41) is 15.1. The number of carbonyl (C=O) groups is 1. The molecule has 0 radical (unpaired) electrons. The van der Waals surface area contributed by atoms with Crippen molar-refractivity contribution in [1.82, 2.24) is 30.3 Å². The van der Waals surface area contributed by atoms with Gasteiger partial charge in [0.1, 0.15) is 5.82 Å². The highest BCUT2D eigenvalue weighted by molar-refractivity contribution is 7.90. The number of nitrogens with zero attached hydrogens (tertiary/aromatic N) is 5. The Morgan fingerprint density at radius 2 is 1.93 bits per heavy atom. The van der Waals surface area contributed by atoms with Crippen molar-refractivity contribution >= 4 is 26.6 Å². The van der Waals surface area contributed by atoms with Gasteiger partial charge in [-0.15, -0.1) is 5.10 Å². The fourth-order valence-electron chi connectivity index (χ4n) is 2.84. The number of aromatic nitrogens is 5. The molecule has 0 aliphatic carbocycles. The summed E-state index contributed by atoms with van der Waals surface area (Å²) in [6.45, 7) is 0.0774. The van der Waals surface area contributed by atoms with E-state index in [1.807, 2.05) is 0 Å². The van der Waals surface area contributed by atoms with Gasteiger partial charge in [0.05, 0.1) is 29.0 Å². The Bertz CT molecular complexity index is 1350. The van der Waals surface area contributed by atoms with E-state index in [0.717, 1.165) is 6.26 Å². The van der Waals surface area contributed by atoms with E-state index in [4.69, 9.17) is 0 Å². The number of halogens is 1. The van der Waals surface area contributed by atoms with Gasteiger partial charge in [-0.1, -0.05) is 0 Å². The number of rotatable bonds is 5. The van der Waals surface area contributed by atoms with E-state index >= 15 is 0 Å². The Hall–Kier alpha value is -3.73. The Labute approximate surface area is 170 Å². The van der Waals surface area contributed by atoms with Crippen LogP contribution in [-0.2, 0) is 16.4 Å². The fourth-order valence-corrected chi connectivity index (χ4v) is 3.46. The second-order valence-electron chi connectivity index (χ2n) is 6.48. The quantitative estimate of drug-likeness (QED) is 0.516. The molecule has 0 unspecified atom stereocenters. The Morgan fingerprint density at radius 3 is 2.67 bits per heavy atom. The van der Waals surface area contributed by atoms with Crippen LogP contribution in [0, 0.1) is 5.82 Å². The lowest BCUT2D eigenvalue weighted by atomic mass is 10.2. The first-order valence-corrected chi connectivity index (χ1v) is 10.6. The monoisotopic (exact) mass is 426 g/mol. The van der Waals surface area contributed by atoms with Crippen LogP contribution in [-0.4, -0.2) is 45.5 Å². The predicted molar refractivity (Wildman–Crippen MR) is 105 cm³/mol. The van der Waals surface area contributed by atoms with Gasteiger partial charge in [0, 0.05) is 19.0 Å². The van der Waals surface area contributed by atoms with Gasteiger partial charge in [-0.25, -0.2) is 22.5 Å². The minimum atomic E-state index is -3.45. The first kappa shape index (κ1) is 19.6. The molecule has 4 aromatic rings. The first-order valence-electron chi connectivity index (χ1n) is 8.71. The van der Waals surface area contributed by atoms with E-state index in [-0.39, 0.29) is 23.1 Å². The zero-order chi connectivity index (χ0) is 21.3. The molecule has 1 amide bonds. The van der Waals surface area contributed by atoms with Gasteiger partial charge in [0.25, 0.3) is 5.91 Å².